The quantitative estimate of drug-likeness (QED) is 0.182. The highest BCUT2D eigenvalue weighted by Crippen LogP contribution is 2.40. The molecule has 0 aliphatic heterocycles. The van der Waals surface area contributed by atoms with E-state index in [4.69, 9.17) is 15.0 Å². The lowest BCUT2D eigenvalue weighted by Crippen LogP contribution is -2.05. The van der Waals surface area contributed by atoms with Gasteiger partial charge >= 0.3 is 6.18 Å². The van der Waals surface area contributed by atoms with Crippen LogP contribution in [0.2, 0.25) is 0 Å². The molecule has 0 N–H and O–H groups in total. The lowest BCUT2D eigenvalue weighted by molar-refractivity contribution is -0.137. The first-order chi connectivity index (χ1) is 24.8. The van der Waals surface area contributed by atoms with Gasteiger partial charge in [0.1, 0.15) is 0 Å². The van der Waals surface area contributed by atoms with Crippen molar-refractivity contribution in [1.29, 1.82) is 10.5 Å². The van der Waals surface area contributed by atoms with Crippen molar-refractivity contribution in [3.63, 3.8) is 0 Å². The summed E-state index contributed by atoms with van der Waals surface area (Å²) < 4.78 is 43.9. The Hall–Kier alpha value is -7.10. The highest BCUT2D eigenvalue weighted by atomic mass is 19.4. The Morgan fingerprint density at radius 1 is 0.490 bits per heavy atom. The van der Waals surface area contributed by atoms with Crippen molar-refractivity contribution in [2.75, 3.05) is 0 Å². The molecule has 0 bridgehead atoms. The maximum atomic E-state index is 14.0. The average Bonchev–Trinajstić information content (AvgIpc) is 3.50. The monoisotopic (exact) mass is 668 g/mol. The summed E-state index contributed by atoms with van der Waals surface area (Å²) >= 11 is 0. The molecule has 0 amide bonds. The molecule has 8 rings (SSSR count). The molecule has 9 heteroatoms. The van der Waals surface area contributed by atoms with Gasteiger partial charge in [0, 0.05) is 33.2 Å². The van der Waals surface area contributed by atoms with Gasteiger partial charge in [0.05, 0.1) is 39.9 Å². The van der Waals surface area contributed by atoms with E-state index in [0.29, 0.717) is 45.2 Å². The summed E-state index contributed by atoms with van der Waals surface area (Å²) in [6, 6.07) is 44.7. The largest absolute Gasteiger partial charge is 0.416 e. The second-order valence-electron chi connectivity index (χ2n) is 11.9. The smallest absolute Gasteiger partial charge is 0.309 e. The van der Waals surface area contributed by atoms with E-state index in [1.807, 2.05) is 89.5 Å². The third-order valence-electron chi connectivity index (χ3n) is 8.73. The second-order valence-corrected chi connectivity index (χ2v) is 11.9. The van der Waals surface area contributed by atoms with Crippen LogP contribution in [-0.2, 0) is 6.18 Å². The molecule has 242 valence electrons. The molecular weight excluding hydrogens is 645 g/mol. The number of alkyl halides is 3. The zero-order valence-electron chi connectivity index (χ0n) is 26.6. The van der Waals surface area contributed by atoms with E-state index in [-0.39, 0.29) is 5.82 Å². The fraction of sp³-hybridized carbons (Fsp3) is 0.0238. The summed E-state index contributed by atoms with van der Waals surface area (Å²) in [6.07, 6.45) is -4.54. The van der Waals surface area contributed by atoms with Gasteiger partial charge in [-0.1, -0.05) is 78.9 Å². The summed E-state index contributed by atoms with van der Waals surface area (Å²) in [4.78, 5) is 14.7. The van der Waals surface area contributed by atoms with Crippen molar-refractivity contribution in [1.82, 2.24) is 19.5 Å². The highest BCUT2D eigenvalue weighted by Gasteiger charge is 2.31. The van der Waals surface area contributed by atoms with Gasteiger partial charge in [0.25, 0.3) is 0 Å². The average molecular weight is 669 g/mol. The van der Waals surface area contributed by atoms with Crippen LogP contribution in [-0.4, -0.2) is 19.5 Å². The van der Waals surface area contributed by atoms with Crippen LogP contribution >= 0.6 is 0 Å². The second kappa shape index (κ2) is 12.4. The van der Waals surface area contributed by atoms with Gasteiger partial charge in [-0.3, -0.25) is 0 Å². The van der Waals surface area contributed by atoms with E-state index in [2.05, 4.69) is 12.1 Å². The number of halogens is 3. The van der Waals surface area contributed by atoms with E-state index in [1.165, 1.54) is 6.07 Å². The Bertz CT molecular complexity index is 2580. The number of benzene rings is 6. The van der Waals surface area contributed by atoms with E-state index in [1.54, 1.807) is 36.4 Å². The van der Waals surface area contributed by atoms with Crippen LogP contribution in [0, 0.1) is 22.7 Å². The number of hydrogen-bond acceptors (Lipinski definition) is 5. The van der Waals surface area contributed by atoms with E-state index < -0.39 is 11.7 Å². The SMILES string of the molecule is N#Cc1ccc2c(c1)c1cc(C#N)ccc1n2-c1ccc(-c2cccc(C(F)(F)F)c2)c(-c2nc(-c3ccccc3)nc(-c3ccccc3)n2)c1. The molecule has 0 aliphatic rings. The fourth-order valence-electron chi connectivity index (χ4n) is 6.34. The molecule has 0 aliphatic carbocycles. The minimum Gasteiger partial charge on any atom is -0.309 e. The molecule has 0 atom stereocenters. The fourth-order valence-corrected chi connectivity index (χ4v) is 6.34. The van der Waals surface area contributed by atoms with Crippen molar-refractivity contribution in [3.8, 4) is 63.1 Å². The Labute approximate surface area is 290 Å². The molecule has 0 fully saturated rings. The van der Waals surface area contributed by atoms with Gasteiger partial charge in [-0.05, 0) is 71.8 Å². The van der Waals surface area contributed by atoms with Crippen molar-refractivity contribution in [2.45, 2.75) is 6.18 Å². The Balaban J connectivity index is 1.44. The third-order valence-corrected chi connectivity index (χ3v) is 8.73. The molecular formula is C42H23F3N6. The van der Waals surface area contributed by atoms with E-state index in [0.717, 1.165) is 45.1 Å². The minimum absolute atomic E-state index is 0.274. The zero-order chi connectivity index (χ0) is 35.1. The normalized spacial score (nSPS) is 11.4. The summed E-state index contributed by atoms with van der Waals surface area (Å²) in [5, 5.41) is 20.9. The number of nitrogens with zero attached hydrogens (tertiary/aromatic N) is 6. The van der Waals surface area contributed by atoms with Crippen LogP contribution in [0.1, 0.15) is 16.7 Å². The molecule has 0 spiro atoms. The van der Waals surface area contributed by atoms with Crippen LogP contribution in [0.15, 0.2) is 140 Å². The predicted octanol–water partition coefficient (Wildman–Crippen LogP) is 10.4. The number of hydrogen-bond donors (Lipinski definition) is 0. The standard InChI is InChI=1S/C42H23F3N6/c43-42(44,45)31-13-7-12-30(22-31)33-17-16-32(51-37-18-14-26(24-46)20-34(37)35-21-27(25-47)15-19-38(35)51)23-36(33)41-49-39(28-8-3-1-4-9-28)48-40(50-41)29-10-5-2-6-11-29/h1-23H. The van der Waals surface area contributed by atoms with E-state index >= 15 is 0 Å². The first kappa shape index (κ1) is 31.2. The number of nitriles is 2. The molecule has 2 aromatic heterocycles. The summed E-state index contributed by atoms with van der Waals surface area (Å²) in [6.45, 7) is 0. The van der Waals surface area contributed by atoms with Gasteiger partial charge in [0.15, 0.2) is 17.5 Å². The summed E-state index contributed by atoms with van der Waals surface area (Å²) in [5.41, 5.74) is 5.22. The van der Waals surface area contributed by atoms with Crippen molar-refractivity contribution >= 4 is 21.8 Å². The molecule has 0 unspecified atom stereocenters. The molecule has 0 radical (unpaired) electrons. The molecule has 0 saturated carbocycles. The summed E-state index contributed by atoms with van der Waals surface area (Å²) in [5.74, 6) is 1.09. The van der Waals surface area contributed by atoms with Gasteiger partial charge in [-0.15, -0.1) is 0 Å². The molecule has 2 heterocycles. The maximum Gasteiger partial charge on any atom is 0.416 e. The number of fused-ring (bicyclic) bond motifs is 3. The van der Waals surface area contributed by atoms with Crippen LogP contribution in [0.25, 0.3) is 72.8 Å². The predicted molar refractivity (Wildman–Crippen MR) is 190 cm³/mol. The number of rotatable bonds is 5. The lowest BCUT2D eigenvalue weighted by Gasteiger charge is -2.16. The zero-order valence-corrected chi connectivity index (χ0v) is 26.6. The van der Waals surface area contributed by atoms with Crippen LogP contribution in [0.4, 0.5) is 13.2 Å². The molecule has 51 heavy (non-hydrogen) atoms. The molecule has 6 nitrogen and oxygen atoms in total. The molecule has 8 aromatic rings. The lowest BCUT2D eigenvalue weighted by atomic mass is 9.96. The van der Waals surface area contributed by atoms with Gasteiger partial charge < -0.3 is 4.57 Å². The van der Waals surface area contributed by atoms with Crippen LogP contribution in [0.3, 0.4) is 0 Å². The maximum absolute atomic E-state index is 14.0. The van der Waals surface area contributed by atoms with Crippen LogP contribution in [0.5, 0.6) is 0 Å². The third kappa shape index (κ3) is 5.73. The van der Waals surface area contributed by atoms with Gasteiger partial charge in [-0.2, -0.15) is 23.7 Å². The highest BCUT2D eigenvalue weighted by molar-refractivity contribution is 6.10. The topological polar surface area (TPSA) is 91.2 Å². The Morgan fingerprint density at radius 3 is 1.55 bits per heavy atom. The molecule has 0 saturated heterocycles. The molecule has 6 aromatic carbocycles. The van der Waals surface area contributed by atoms with Crippen molar-refractivity contribution < 1.29 is 13.2 Å². The Kier molecular flexibility index (Phi) is 7.59. The summed E-state index contributed by atoms with van der Waals surface area (Å²) in [7, 11) is 0. The van der Waals surface area contributed by atoms with Gasteiger partial charge in [-0.25, -0.2) is 15.0 Å². The van der Waals surface area contributed by atoms with E-state index in [9.17, 15) is 23.7 Å². The minimum atomic E-state index is -4.54. The van der Waals surface area contributed by atoms with Crippen molar-refractivity contribution in [2.24, 2.45) is 0 Å². The van der Waals surface area contributed by atoms with Crippen molar-refractivity contribution in [3.05, 3.63) is 156 Å². The Morgan fingerprint density at radius 2 is 1.02 bits per heavy atom. The van der Waals surface area contributed by atoms with Crippen LogP contribution < -0.4 is 0 Å². The first-order valence-electron chi connectivity index (χ1n) is 15.9. The first-order valence-corrected chi connectivity index (χ1v) is 15.9. The number of aromatic nitrogens is 4. The van der Waals surface area contributed by atoms with Gasteiger partial charge in [0.2, 0.25) is 0 Å².